The fraction of sp³-hybridized carbons (Fsp3) is 0.111. The molecule has 3 N–H and O–H groups in total. The Morgan fingerprint density at radius 3 is 1.96 bits per heavy atom. The maximum Gasteiger partial charge on any atom is 0.282 e. The first kappa shape index (κ1) is 35.5. The van der Waals surface area contributed by atoms with Crippen LogP contribution in [-0.4, -0.2) is 31.4 Å². The van der Waals surface area contributed by atoms with E-state index in [1.54, 1.807) is 78.9 Å². The summed E-state index contributed by atoms with van der Waals surface area (Å²) in [6.07, 6.45) is -4.60. The highest BCUT2D eigenvalue weighted by Gasteiger charge is 2.30. The number of aromatic nitrogens is 4. The third kappa shape index (κ3) is 7.73. The lowest BCUT2D eigenvalue weighted by atomic mass is 9.94. The number of aryl methyl sites for hydroxylation is 2. The average Bonchev–Trinajstić information content (AvgIpc) is 3.66. The summed E-state index contributed by atoms with van der Waals surface area (Å²) in [6, 6.07) is 27.0. The second-order valence-corrected chi connectivity index (χ2v) is 11.3. The van der Waals surface area contributed by atoms with E-state index in [9.17, 15) is 31.5 Å². The predicted molar refractivity (Wildman–Crippen MR) is 181 cm³/mol. The van der Waals surface area contributed by atoms with Gasteiger partial charge in [-0.1, -0.05) is 78.3 Å². The molecule has 6 aromatic rings. The van der Waals surface area contributed by atoms with Crippen molar-refractivity contribution in [3.63, 3.8) is 0 Å². The van der Waals surface area contributed by atoms with E-state index in [0.717, 1.165) is 10.2 Å². The first-order valence-electron chi connectivity index (χ1n) is 14.8. The van der Waals surface area contributed by atoms with E-state index in [1.807, 2.05) is 6.07 Å². The van der Waals surface area contributed by atoms with Crippen LogP contribution in [0.2, 0.25) is 5.02 Å². The van der Waals surface area contributed by atoms with Gasteiger partial charge in [0.1, 0.15) is 17.2 Å². The maximum absolute atomic E-state index is 14.2. The Kier molecular flexibility index (Phi) is 10.8. The molecule has 0 aliphatic carbocycles. The zero-order valence-electron chi connectivity index (χ0n) is 26.4. The molecule has 0 radical (unpaired) electrons. The van der Waals surface area contributed by atoms with E-state index in [1.165, 1.54) is 37.1 Å². The topological polar surface area (TPSA) is 108 Å². The van der Waals surface area contributed by atoms with E-state index in [0.29, 0.717) is 33.0 Å². The van der Waals surface area contributed by atoms with Crippen molar-refractivity contribution in [3.05, 3.63) is 137 Å². The van der Waals surface area contributed by atoms with E-state index >= 15 is 0 Å². The molecule has 14 heteroatoms. The van der Waals surface area contributed by atoms with Gasteiger partial charge in [-0.2, -0.15) is 10.2 Å². The van der Waals surface area contributed by atoms with E-state index in [4.69, 9.17) is 17.3 Å². The normalized spacial score (nSPS) is 11.0. The fourth-order valence-corrected chi connectivity index (χ4v) is 5.56. The number of amides is 2. The van der Waals surface area contributed by atoms with Crippen molar-refractivity contribution in [3.8, 4) is 33.5 Å². The molecule has 0 spiro atoms. The number of hydrogen-bond donors (Lipinski definition) is 2. The maximum atomic E-state index is 14.2. The van der Waals surface area contributed by atoms with Gasteiger partial charge in [0.05, 0.1) is 16.8 Å². The third-order valence-corrected chi connectivity index (χ3v) is 7.70. The van der Waals surface area contributed by atoms with Crippen LogP contribution < -0.4 is 11.1 Å². The summed E-state index contributed by atoms with van der Waals surface area (Å²) in [4.78, 5) is 24.3. The van der Waals surface area contributed by atoms with Gasteiger partial charge >= 0.3 is 0 Å². The van der Waals surface area contributed by atoms with E-state index in [2.05, 4.69) is 15.5 Å². The van der Waals surface area contributed by atoms with Crippen LogP contribution >= 0.6 is 11.6 Å². The van der Waals surface area contributed by atoms with Gasteiger partial charge in [0.25, 0.3) is 24.7 Å². The van der Waals surface area contributed by atoms with Crippen LogP contribution in [0.3, 0.4) is 0 Å². The lowest BCUT2D eigenvalue weighted by Crippen LogP contribution is -2.15. The second kappa shape index (κ2) is 15.2. The van der Waals surface area contributed by atoms with Gasteiger partial charge in [-0.05, 0) is 47.0 Å². The van der Waals surface area contributed by atoms with E-state index < -0.39 is 41.9 Å². The number of hydrogen-bond acceptors (Lipinski definition) is 4. The predicted octanol–water partition coefficient (Wildman–Crippen LogP) is 8.86. The van der Waals surface area contributed by atoms with Crippen molar-refractivity contribution in [2.24, 2.45) is 19.8 Å². The summed E-state index contributed by atoms with van der Waals surface area (Å²) in [7, 11) is 2.94. The summed E-state index contributed by atoms with van der Waals surface area (Å²) < 4.78 is 69.0. The Morgan fingerprint density at radius 1 is 0.760 bits per heavy atom. The Labute approximate surface area is 287 Å². The van der Waals surface area contributed by atoms with Gasteiger partial charge in [0, 0.05) is 42.1 Å². The Bertz CT molecular complexity index is 2180. The summed E-state index contributed by atoms with van der Waals surface area (Å²) in [5.41, 5.74) is 6.77. The van der Waals surface area contributed by atoms with Crippen LogP contribution in [0.15, 0.2) is 103 Å². The van der Waals surface area contributed by atoms with Crippen LogP contribution in [0.5, 0.6) is 0 Å². The molecule has 2 amide bonds. The number of nitrogens with two attached hydrogens (primary N) is 1. The van der Waals surface area contributed by atoms with Crippen LogP contribution in [0.4, 0.5) is 27.6 Å². The van der Waals surface area contributed by atoms with Crippen molar-refractivity contribution >= 4 is 29.1 Å². The second-order valence-electron chi connectivity index (χ2n) is 10.9. The van der Waals surface area contributed by atoms with Gasteiger partial charge < -0.3 is 11.1 Å². The molecule has 0 saturated heterocycles. The largest absolute Gasteiger partial charge is 0.365 e. The van der Waals surface area contributed by atoms with Crippen molar-refractivity contribution in [1.82, 2.24) is 19.6 Å². The van der Waals surface area contributed by atoms with Crippen molar-refractivity contribution in [2.75, 3.05) is 5.32 Å². The smallest absolute Gasteiger partial charge is 0.282 e. The number of carbonyl (C=O) groups excluding carboxylic acids is 2. The zero-order valence-corrected chi connectivity index (χ0v) is 27.2. The van der Waals surface area contributed by atoms with Crippen LogP contribution in [-0.2, 0) is 14.1 Å². The molecule has 0 unspecified atom stereocenters. The Balaban J connectivity index is 0.000000343. The minimum absolute atomic E-state index is 0.192. The molecule has 0 aliphatic rings. The van der Waals surface area contributed by atoms with Crippen LogP contribution in [0.25, 0.3) is 33.5 Å². The Hall–Kier alpha value is -5.82. The molecular formula is C36H28ClF5N6O2. The quantitative estimate of drug-likeness (QED) is 0.154. The first-order valence-corrected chi connectivity index (χ1v) is 15.2. The van der Waals surface area contributed by atoms with Gasteiger partial charge in [-0.25, -0.2) is 22.0 Å². The molecule has 0 saturated carbocycles. The number of anilines is 1. The zero-order chi connectivity index (χ0) is 36.1. The Morgan fingerprint density at radius 2 is 1.36 bits per heavy atom. The summed E-state index contributed by atoms with van der Waals surface area (Å²) in [5.74, 6) is -2.07. The number of rotatable bonds is 8. The summed E-state index contributed by atoms with van der Waals surface area (Å²) in [6.45, 7) is 0. The number of primary amides is 1. The number of para-hydroxylation sites is 1. The van der Waals surface area contributed by atoms with Crippen LogP contribution in [0.1, 0.15) is 45.0 Å². The molecule has 0 bridgehead atoms. The third-order valence-electron chi connectivity index (χ3n) is 7.47. The average molecular weight is 707 g/mol. The number of nitrogens with zero attached hydrogens (tertiary/aromatic N) is 4. The monoisotopic (exact) mass is 706 g/mol. The number of carbonyl (C=O) groups is 2. The SMILES string of the molecule is Cn1cc(C(N)=O)c(C(F)F)n1.Cn1nc(C(F)F)c(C(=O)Nc2ccccc2-c2cccc(Cl)c2)c1-c1ccccc1-c1cccc(F)c1. The molecule has 6 rings (SSSR count). The van der Waals surface area contributed by atoms with Gasteiger partial charge in [-0.15, -0.1) is 0 Å². The molecule has 0 aliphatic heterocycles. The molecule has 8 nitrogen and oxygen atoms in total. The van der Waals surface area contributed by atoms with Gasteiger partial charge in [0.2, 0.25) is 0 Å². The standard InChI is InChI=1S/C30H21ClF3N3O.C6H7F2N3O/c1-37-28(24-14-3-2-12-22(24)19-9-7-11-21(32)17-19)26(27(36-37)29(33)34)30(38)35-25-15-5-4-13-23(25)18-8-6-10-20(31)16-18;1-11-2-3(6(9)12)4(10-11)5(7)8/h2-17,29H,1H3,(H,35,38);2,5H,1H3,(H2,9,12). The molecule has 0 atom stereocenters. The van der Waals surface area contributed by atoms with Crippen molar-refractivity contribution in [2.45, 2.75) is 12.9 Å². The highest BCUT2D eigenvalue weighted by molar-refractivity contribution is 6.30. The van der Waals surface area contributed by atoms with Gasteiger partial charge in [-0.3, -0.25) is 19.0 Å². The van der Waals surface area contributed by atoms with E-state index in [-0.39, 0.29) is 16.8 Å². The molecular weight excluding hydrogens is 679 g/mol. The first-order chi connectivity index (χ1) is 23.8. The molecule has 2 aromatic heterocycles. The molecule has 256 valence electrons. The minimum atomic E-state index is -3.00. The summed E-state index contributed by atoms with van der Waals surface area (Å²) >= 11 is 6.17. The lowest BCUT2D eigenvalue weighted by Gasteiger charge is -2.15. The number of alkyl halides is 4. The molecule has 0 fully saturated rings. The number of benzene rings is 4. The summed E-state index contributed by atoms with van der Waals surface area (Å²) in [5, 5.41) is 10.7. The number of halogens is 6. The fourth-order valence-electron chi connectivity index (χ4n) is 5.37. The molecule has 4 aromatic carbocycles. The number of nitrogens with one attached hydrogen (secondary N) is 1. The van der Waals surface area contributed by atoms with Crippen molar-refractivity contribution in [1.29, 1.82) is 0 Å². The highest BCUT2D eigenvalue weighted by Crippen LogP contribution is 2.38. The molecule has 50 heavy (non-hydrogen) atoms. The van der Waals surface area contributed by atoms with Crippen LogP contribution in [0, 0.1) is 5.82 Å². The van der Waals surface area contributed by atoms with Gasteiger partial charge in [0.15, 0.2) is 0 Å². The lowest BCUT2D eigenvalue weighted by molar-refractivity contribution is 0.0983. The minimum Gasteiger partial charge on any atom is -0.365 e. The highest BCUT2D eigenvalue weighted by atomic mass is 35.5. The molecule has 2 heterocycles. The van der Waals surface area contributed by atoms with Crippen molar-refractivity contribution < 1.29 is 31.5 Å².